The summed E-state index contributed by atoms with van der Waals surface area (Å²) in [5.41, 5.74) is 0. The second-order valence-corrected chi connectivity index (χ2v) is 27.1. The summed E-state index contributed by atoms with van der Waals surface area (Å²) in [6.07, 6.45) is 40.3. The average Bonchev–Trinajstić information content (AvgIpc) is 0.805. The standard InChI is InChI=1S/C74H137NO18/c1-3-5-7-9-11-13-15-16-17-18-19-20-21-22-23-24-25-26-27-28-29-30-31-32-33-34-35-36-37-38-39-40-42-44-46-48-50-52-62(80)75-57(58(79)51-49-47-45-43-41-14-12-10-8-6-4-2)56-88-72-68(86)65(83)70(60(54-77)90-72)93-74-69(87)66(84)71(61(55-78)91-74)92-73-67(85)64(82)63(81)59(53-76)89-73/h15-16,18-19,49,51,57-61,63-74,76-79,81-87H,3-14,17,20-48,50,52-56H2,1-2H3,(H,75,80)/b16-15-,19-18-,51-49+. The predicted molar refractivity (Wildman–Crippen MR) is 365 cm³/mol. The Morgan fingerprint density at radius 2 is 0.710 bits per heavy atom. The van der Waals surface area contributed by atoms with E-state index in [0.717, 1.165) is 51.4 Å². The van der Waals surface area contributed by atoms with Crippen LogP contribution < -0.4 is 5.32 Å². The van der Waals surface area contributed by atoms with Crippen molar-refractivity contribution >= 4 is 5.91 Å². The van der Waals surface area contributed by atoms with Crippen molar-refractivity contribution in [1.29, 1.82) is 0 Å². The molecule has 1 amide bonds. The molecule has 0 bridgehead atoms. The fourth-order valence-corrected chi connectivity index (χ4v) is 12.8. The van der Waals surface area contributed by atoms with Gasteiger partial charge < -0.3 is 89.9 Å². The van der Waals surface area contributed by atoms with Crippen LogP contribution in [0.25, 0.3) is 0 Å². The lowest BCUT2D eigenvalue weighted by Gasteiger charge is -2.48. The maximum atomic E-state index is 13.4. The highest BCUT2D eigenvalue weighted by atomic mass is 16.8. The zero-order valence-electron chi connectivity index (χ0n) is 58.0. The number of nitrogens with one attached hydrogen (secondary N) is 1. The van der Waals surface area contributed by atoms with Crippen molar-refractivity contribution in [3.63, 3.8) is 0 Å². The van der Waals surface area contributed by atoms with Crippen LogP contribution in [-0.4, -0.2) is 193 Å². The first-order chi connectivity index (χ1) is 45.3. The molecular weight excluding hydrogens is 1190 g/mol. The Bertz CT molecular complexity index is 1830. The van der Waals surface area contributed by atoms with Crippen LogP contribution >= 0.6 is 0 Å². The quantitative estimate of drug-likeness (QED) is 0.0199. The third-order valence-corrected chi connectivity index (χ3v) is 18.9. The molecule has 12 N–H and O–H groups in total. The molecule has 0 aromatic heterocycles. The first kappa shape index (κ1) is 85.2. The second kappa shape index (κ2) is 55.8. The Morgan fingerprint density at radius 1 is 0.387 bits per heavy atom. The summed E-state index contributed by atoms with van der Waals surface area (Å²) >= 11 is 0. The van der Waals surface area contributed by atoms with Crippen molar-refractivity contribution in [3.8, 4) is 0 Å². The van der Waals surface area contributed by atoms with Gasteiger partial charge >= 0.3 is 0 Å². The lowest BCUT2D eigenvalue weighted by Crippen LogP contribution is -2.66. The number of ether oxygens (including phenoxy) is 6. The van der Waals surface area contributed by atoms with E-state index in [-0.39, 0.29) is 18.9 Å². The fourth-order valence-electron chi connectivity index (χ4n) is 12.8. The highest BCUT2D eigenvalue weighted by molar-refractivity contribution is 5.76. The normalized spacial score (nSPS) is 27.7. The molecule has 3 aliphatic rings. The number of aliphatic hydroxyl groups is 11. The SMILES string of the molecule is CCCCCCC/C=C\C/C=C\CCCCCCCCCCCCCCCCCCCCCCCCCCCC(=O)NC(COC1OC(CO)C(OC2OC(CO)C(OC3OC(CO)C(O)C(O)C3O)C(O)C2O)C(O)C1O)C(O)/C=C/CCCCCCCCCCC. The maximum absolute atomic E-state index is 13.4. The van der Waals surface area contributed by atoms with E-state index in [1.807, 2.05) is 6.08 Å². The molecule has 3 heterocycles. The molecule has 19 nitrogen and oxygen atoms in total. The monoisotopic (exact) mass is 1330 g/mol. The Morgan fingerprint density at radius 3 is 1.10 bits per heavy atom. The van der Waals surface area contributed by atoms with Gasteiger partial charge in [-0.25, -0.2) is 0 Å². The van der Waals surface area contributed by atoms with Gasteiger partial charge in [-0.3, -0.25) is 4.79 Å². The number of rotatable bonds is 59. The highest BCUT2D eigenvalue weighted by Crippen LogP contribution is 2.33. The number of aliphatic hydroxyl groups excluding tert-OH is 11. The summed E-state index contributed by atoms with van der Waals surface area (Å²) in [4.78, 5) is 13.4. The molecule has 0 aliphatic carbocycles. The minimum absolute atomic E-state index is 0.247. The summed E-state index contributed by atoms with van der Waals surface area (Å²) < 4.78 is 34.3. The molecule has 19 heteroatoms. The molecule has 0 saturated carbocycles. The largest absolute Gasteiger partial charge is 0.394 e. The molecule has 3 rings (SSSR count). The smallest absolute Gasteiger partial charge is 0.220 e. The number of carbonyl (C=O) groups is 1. The zero-order chi connectivity index (χ0) is 67.5. The molecule has 0 radical (unpaired) electrons. The van der Waals surface area contributed by atoms with E-state index < -0.39 is 124 Å². The summed E-state index contributed by atoms with van der Waals surface area (Å²) in [7, 11) is 0. The van der Waals surface area contributed by atoms with Crippen molar-refractivity contribution in [2.75, 3.05) is 26.4 Å². The summed E-state index contributed by atoms with van der Waals surface area (Å²) in [5.74, 6) is -0.272. The van der Waals surface area contributed by atoms with Crippen molar-refractivity contribution in [2.24, 2.45) is 0 Å². The molecule has 0 aromatic carbocycles. The first-order valence-corrected chi connectivity index (χ1v) is 37.7. The van der Waals surface area contributed by atoms with Crippen LogP contribution in [0.5, 0.6) is 0 Å². The van der Waals surface area contributed by atoms with E-state index in [1.165, 1.54) is 218 Å². The second-order valence-electron chi connectivity index (χ2n) is 27.1. The molecule has 3 saturated heterocycles. The number of hydrogen-bond acceptors (Lipinski definition) is 18. The molecule has 17 atom stereocenters. The van der Waals surface area contributed by atoms with E-state index in [1.54, 1.807) is 6.08 Å². The van der Waals surface area contributed by atoms with Crippen molar-refractivity contribution in [1.82, 2.24) is 5.32 Å². The fraction of sp³-hybridized carbons (Fsp3) is 0.905. The summed E-state index contributed by atoms with van der Waals surface area (Å²) in [5, 5.41) is 120. The van der Waals surface area contributed by atoms with E-state index in [0.29, 0.717) is 6.42 Å². The third-order valence-electron chi connectivity index (χ3n) is 18.9. The number of unbranched alkanes of at least 4 members (excludes halogenated alkanes) is 39. The van der Waals surface area contributed by atoms with Crippen LogP contribution in [0.15, 0.2) is 36.5 Å². The molecule has 0 spiro atoms. The van der Waals surface area contributed by atoms with Gasteiger partial charge in [0.2, 0.25) is 5.91 Å². The van der Waals surface area contributed by atoms with E-state index in [4.69, 9.17) is 28.4 Å². The van der Waals surface area contributed by atoms with Crippen LogP contribution in [0, 0.1) is 0 Å². The molecule has 3 fully saturated rings. The Kier molecular flexibility index (Phi) is 51.2. The van der Waals surface area contributed by atoms with Gasteiger partial charge in [0.25, 0.3) is 0 Å². The Labute approximate surface area is 561 Å². The maximum Gasteiger partial charge on any atom is 0.220 e. The number of carbonyl (C=O) groups excluding carboxylic acids is 1. The van der Waals surface area contributed by atoms with Crippen LogP contribution in [0.1, 0.15) is 296 Å². The molecule has 17 unspecified atom stereocenters. The highest BCUT2D eigenvalue weighted by Gasteiger charge is 2.53. The number of allylic oxidation sites excluding steroid dienone is 5. The van der Waals surface area contributed by atoms with Crippen LogP contribution in [0.4, 0.5) is 0 Å². The van der Waals surface area contributed by atoms with Gasteiger partial charge in [0, 0.05) is 6.42 Å². The van der Waals surface area contributed by atoms with Gasteiger partial charge in [0.1, 0.15) is 73.2 Å². The first-order valence-electron chi connectivity index (χ1n) is 37.7. The summed E-state index contributed by atoms with van der Waals surface area (Å²) in [6.45, 7) is 1.72. The van der Waals surface area contributed by atoms with E-state index in [9.17, 15) is 61.0 Å². The molecular formula is C74H137NO18. The Hall–Kier alpha value is -1.99. The minimum Gasteiger partial charge on any atom is -0.394 e. The zero-order valence-corrected chi connectivity index (χ0v) is 58.0. The van der Waals surface area contributed by atoms with Gasteiger partial charge in [-0.05, 0) is 51.4 Å². The molecule has 3 aliphatic heterocycles. The third kappa shape index (κ3) is 37.1. The topological polar surface area (TPSA) is 307 Å². The van der Waals surface area contributed by atoms with Gasteiger partial charge in [0.15, 0.2) is 18.9 Å². The van der Waals surface area contributed by atoms with Crippen LogP contribution in [0.3, 0.4) is 0 Å². The molecule has 546 valence electrons. The van der Waals surface area contributed by atoms with Gasteiger partial charge in [-0.2, -0.15) is 0 Å². The molecule has 0 aromatic rings. The minimum atomic E-state index is -1.98. The van der Waals surface area contributed by atoms with Crippen molar-refractivity contribution < 1.29 is 89.4 Å². The van der Waals surface area contributed by atoms with E-state index in [2.05, 4.69) is 43.5 Å². The number of hydrogen-bond donors (Lipinski definition) is 12. The van der Waals surface area contributed by atoms with Crippen LogP contribution in [-0.2, 0) is 33.2 Å². The lowest BCUT2D eigenvalue weighted by molar-refractivity contribution is -0.379. The number of amides is 1. The Balaban J connectivity index is 1.29. The lowest BCUT2D eigenvalue weighted by atomic mass is 9.96. The van der Waals surface area contributed by atoms with Gasteiger partial charge in [0.05, 0.1) is 38.6 Å². The predicted octanol–water partition coefficient (Wildman–Crippen LogP) is 11.2. The summed E-state index contributed by atoms with van der Waals surface area (Å²) in [6, 6.07) is -0.969. The van der Waals surface area contributed by atoms with Gasteiger partial charge in [-0.15, -0.1) is 0 Å². The van der Waals surface area contributed by atoms with Crippen molar-refractivity contribution in [2.45, 2.75) is 401 Å². The van der Waals surface area contributed by atoms with Crippen LogP contribution in [0.2, 0.25) is 0 Å². The van der Waals surface area contributed by atoms with Crippen molar-refractivity contribution in [3.05, 3.63) is 36.5 Å². The van der Waals surface area contributed by atoms with Gasteiger partial charge in [-0.1, -0.05) is 275 Å². The average molecular weight is 1330 g/mol. The molecule has 93 heavy (non-hydrogen) atoms. The van der Waals surface area contributed by atoms with E-state index >= 15 is 0 Å².